The fraction of sp³-hybridized carbons (Fsp3) is 0.500. The highest BCUT2D eigenvalue weighted by atomic mass is 16.5. The molecule has 6 heteroatoms. The van der Waals surface area contributed by atoms with E-state index in [0.29, 0.717) is 12.4 Å². The van der Waals surface area contributed by atoms with Crippen LogP contribution in [0.25, 0.3) is 0 Å². The summed E-state index contributed by atoms with van der Waals surface area (Å²) in [7, 11) is 2.79. The van der Waals surface area contributed by atoms with Crippen LogP contribution in [-0.2, 0) is 16.1 Å². The lowest BCUT2D eigenvalue weighted by Crippen LogP contribution is -2.45. The molecule has 1 unspecified atom stereocenters. The van der Waals surface area contributed by atoms with Gasteiger partial charge in [0.25, 0.3) is 0 Å². The molecule has 0 aliphatic rings. The Bertz CT molecular complexity index is 390. The summed E-state index contributed by atoms with van der Waals surface area (Å²) in [6.45, 7) is 1.99. The lowest BCUT2D eigenvalue weighted by molar-refractivity contribution is -0.159. The third-order valence-corrected chi connectivity index (χ3v) is 2.43. The summed E-state index contributed by atoms with van der Waals surface area (Å²) in [5.41, 5.74) is -0.606. The Kier molecular flexibility index (Phi) is 5.06. The van der Waals surface area contributed by atoms with Gasteiger partial charge in [-0.1, -0.05) is 6.07 Å². The van der Waals surface area contributed by atoms with Crippen LogP contribution in [0.5, 0.6) is 5.88 Å². The molecule has 0 spiro atoms. The number of hydrogen-bond donors (Lipinski definition) is 2. The average Bonchev–Trinajstić information content (AvgIpc) is 2.38. The highest BCUT2D eigenvalue weighted by Gasteiger charge is 2.30. The van der Waals surface area contributed by atoms with Gasteiger partial charge in [0, 0.05) is 25.4 Å². The molecule has 1 atom stereocenters. The van der Waals surface area contributed by atoms with Gasteiger partial charge >= 0.3 is 5.97 Å². The van der Waals surface area contributed by atoms with Crippen LogP contribution < -0.4 is 10.1 Å². The zero-order chi connectivity index (χ0) is 13.6. The summed E-state index contributed by atoms with van der Waals surface area (Å²) in [5, 5.41) is 12.7. The number of esters is 1. The molecule has 2 N–H and O–H groups in total. The number of pyridine rings is 1. The third-order valence-electron chi connectivity index (χ3n) is 2.43. The van der Waals surface area contributed by atoms with Crippen LogP contribution in [0.1, 0.15) is 12.5 Å². The van der Waals surface area contributed by atoms with E-state index in [-0.39, 0.29) is 6.54 Å². The Labute approximate surface area is 106 Å². The Hall–Kier alpha value is -1.66. The molecule has 0 saturated carbocycles. The van der Waals surface area contributed by atoms with Crippen molar-refractivity contribution in [1.82, 2.24) is 10.3 Å². The highest BCUT2D eigenvalue weighted by molar-refractivity contribution is 5.78. The molecule has 1 rings (SSSR count). The van der Waals surface area contributed by atoms with Gasteiger partial charge in [-0.25, -0.2) is 9.78 Å². The summed E-state index contributed by atoms with van der Waals surface area (Å²) in [6, 6.07) is 3.60. The molecule has 6 nitrogen and oxygen atoms in total. The van der Waals surface area contributed by atoms with Crippen LogP contribution in [0.3, 0.4) is 0 Å². The molecule has 0 radical (unpaired) electrons. The lowest BCUT2D eigenvalue weighted by atomic mass is 10.1. The highest BCUT2D eigenvalue weighted by Crippen LogP contribution is 2.07. The van der Waals surface area contributed by atoms with Gasteiger partial charge in [0.2, 0.25) is 5.88 Å². The minimum Gasteiger partial charge on any atom is -0.481 e. The molecular weight excluding hydrogens is 236 g/mol. The maximum absolute atomic E-state index is 11.2. The normalized spacial score (nSPS) is 13.8. The molecule has 1 aromatic rings. The number of nitrogens with zero attached hydrogens (tertiary/aromatic N) is 1. The Morgan fingerprint density at radius 3 is 2.72 bits per heavy atom. The summed E-state index contributed by atoms with van der Waals surface area (Å²) in [5.74, 6) is -0.122. The number of methoxy groups -OCH3 is 2. The Morgan fingerprint density at radius 1 is 1.50 bits per heavy atom. The Balaban J connectivity index is 2.43. The van der Waals surface area contributed by atoms with Crippen LogP contribution in [0, 0.1) is 0 Å². The molecule has 0 amide bonds. The predicted molar refractivity (Wildman–Crippen MR) is 65.1 cm³/mol. The number of nitrogens with one attached hydrogen (secondary N) is 1. The SMILES string of the molecule is COC(=O)C(C)(O)CNCc1ccc(OC)nc1. The molecule has 18 heavy (non-hydrogen) atoms. The van der Waals surface area contributed by atoms with E-state index in [1.807, 2.05) is 6.07 Å². The number of ether oxygens (including phenoxy) is 2. The molecule has 0 aliphatic heterocycles. The van der Waals surface area contributed by atoms with Gasteiger partial charge in [-0.2, -0.15) is 0 Å². The molecule has 1 aromatic heterocycles. The summed E-state index contributed by atoms with van der Waals surface area (Å²) >= 11 is 0. The van der Waals surface area contributed by atoms with Gasteiger partial charge in [0.1, 0.15) is 0 Å². The first kappa shape index (κ1) is 14.4. The van der Waals surface area contributed by atoms with E-state index < -0.39 is 11.6 Å². The molecular formula is C12H18N2O4. The summed E-state index contributed by atoms with van der Waals surface area (Å²) in [6.07, 6.45) is 1.67. The van der Waals surface area contributed by atoms with Gasteiger partial charge in [0.15, 0.2) is 5.60 Å². The number of carbonyl (C=O) groups is 1. The average molecular weight is 254 g/mol. The van der Waals surface area contributed by atoms with Gasteiger partial charge in [0.05, 0.1) is 14.2 Å². The smallest absolute Gasteiger partial charge is 0.338 e. The predicted octanol–water partition coefficient (Wildman–Crippen LogP) is 0.104. The van der Waals surface area contributed by atoms with Gasteiger partial charge in [-0.05, 0) is 12.5 Å². The largest absolute Gasteiger partial charge is 0.481 e. The first-order chi connectivity index (χ1) is 8.49. The zero-order valence-electron chi connectivity index (χ0n) is 10.8. The summed E-state index contributed by atoms with van der Waals surface area (Å²) < 4.78 is 9.43. The van der Waals surface area contributed by atoms with Gasteiger partial charge in [-0.3, -0.25) is 0 Å². The van der Waals surface area contributed by atoms with Crippen molar-refractivity contribution in [3.8, 4) is 5.88 Å². The van der Waals surface area contributed by atoms with Crippen LogP contribution in [0.15, 0.2) is 18.3 Å². The van der Waals surface area contributed by atoms with Crippen molar-refractivity contribution in [2.24, 2.45) is 0 Å². The van der Waals surface area contributed by atoms with Gasteiger partial charge < -0.3 is 19.9 Å². The number of carbonyl (C=O) groups excluding carboxylic acids is 1. The van der Waals surface area contributed by atoms with Crippen LogP contribution in [-0.4, -0.2) is 42.4 Å². The maximum atomic E-state index is 11.2. The third kappa shape index (κ3) is 3.97. The second-order valence-corrected chi connectivity index (χ2v) is 4.08. The first-order valence-electron chi connectivity index (χ1n) is 5.50. The molecule has 0 bridgehead atoms. The van der Waals surface area contributed by atoms with Crippen molar-refractivity contribution >= 4 is 5.97 Å². The number of hydrogen-bond acceptors (Lipinski definition) is 6. The quantitative estimate of drug-likeness (QED) is 0.701. The summed E-state index contributed by atoms with van der Waals surface area (Å²) in [4.78, 5) is 15.3. The number of rotatable bonds is 6. The van der Waals surface area contributed by atoms with Crippen molar-refractivity contribution in [3.63, 3.8) is 0 Å². The second kappa shape index (κ2) is 6.32. The molecule has 0 aliphatic carbocycles. The molecule has 1 heterocycles. The van der Waals surface area contributed by atoms with Crippen molar-refractivity contribution in [3.05, 3.63) is 23.9 Å². The van der Waals surface area contributed by atoms with Crippen molar-refractivity contribution < 1.29 is 19.4 Å². The lowest BCUT2D eigenvalue weighted by Gasteiger charge is -2.20. The minimum absolute atomic E-state index is 0.103. The van der Waals surface area contributed by atoms with E-state index in [1.54, 1.807) is 19.4 Å². The van der Waals surface area contributed by atoms with E-state index in [0.717, 1.165) is 5.56 Å². The van der Waals surface area contributed by atoms with Gasteiger partial charge in [-0.15, -0.1) is 0 Å². The molecule has 0 fully saturated rings. The van der Waals surface area contributed by atoms with Crippen molar-refractivity contribution in [1.29, 1.82) is 0 Å². The van der Waals surface area contributed by atoms with E-state index in [9.17, 15) is 9.90 Å². The topological polar surface area (TPSA) is 80.7 Å². The number of aliphatic hydroxyl groups is 1. The fourth-order valence-electron chi connectivity index (χ4n) is 1.38. The van der Waals surface area contributed by atoms with Crippen molar-refractivity contribution in [2.45, 2.75) is 19.1 Å². The maximum Gasteiger partial charge on any atom is 0.338 e. The van der Waals surface area contributed by atoms with E-state index in [4.69, 9.17) is 4.74 Å². The fourth-order valence-corrected chi connectivity index (χ4v) is 1.38. The standard InChI is InChI=1S/C12H18N2O4/c1-12(16,11(15)18-3)8-13-6-9-4-5-10(17-2)14-7-9/h4-5,7,13,16H,6,8H2,1-3H3. The monoisotopic (exact) mass is 254 g/mol. The minimum atomic E-state index is -1.53. The van der Waals surface area contributed by atoms with Crippen LogP contribution >= 0.6 is 0 Å². The van der Waals surface area contributed by atoms with E-state index in [2.05, 4.69) is 15.0 Å². The molecule has 0 saturated heterocycles. The van der Waals surface area contributed by atoms with Crippen molar-refractivity contribution in [2.75, 3.05) is 20.8 Å². The van der Waals surface area contributed by atoms with Crippen LogP contribution in [0.2, 0.25) is 0 Å². The van der Waals surface area contributed by atoms with Crippen LogP contribution in [0.4, 0.5) is 0 Å². The van der Waals surface area contributed by atoms with E-state index >= 15 is 0 Å². The first-order valence-corrected chi connectivity index (χ1v) is 5.50. The van der Waals surface area contributed by atoms with E-state index in [1.165, 1.54) is 14.0 Å². The Morgan fingerprint density at radius 2 is 2.22 bits per heavy atom. The zero-order valence-corrected chi connectivity index (χ0v) is 10.8. The molecule has 100 valence electrons. The molecule has 0 aromatic carbocycles. The number of aromatic nitrogens is 1. The second-order valence-electron chi connectivity index (χ2n) is 4.08.